The number of urea groups is 1. The van der Waals surface area contributed by atoms with Gasteiger partial charge in [-0.25, -0.2) is 15.1 Å². The number of carbonyl (C=O) groups excluding carboxylic acids is 1. The van der Waals surface area contributed by atoms with Crippen molar-refractivity contribution in [3.8, 4) is 0 Å². The van der Waals surface area contributed by atoms with E-state index < -0.39 is 12.6 Å². The summed E-state index contributed by atoms with van der Waals surface area (Å²) in [5.41, 5.74) is 2.36. The van der Waals surface area contributed by atoms with Gasteiger partial charge < -0.3 is 10.0 Å². The van der Waals surface area contributed by atoms with E-state index in [2.05, 4.69) is 24.2 Å². The van der Waals surface area contributed by atoms with E-state index in [1.54, 1.807) is 4.90 Å². The number of nitrogens with one attached hydrogen (secondary N) is 1. The van der Waals surface area contributed by atoms with Gasteiger partial charge in [0.1, 0.15) is 0 Å². The third kappa shape index (κ3) is 3.59. The van der Waals surface area contributed by atoms with Gasteiger partial charge in [-0.1, -0.05) is 13.8 Å². The maximum atomic E-state index is 11.6. The molecule has 0 saturated carbocycles. The summed E-state index contributed by atoms with van der Waals surface area (Å²) in [5, 5.41) is 8.36. The highest BCUT2D eigenvalue weighted by Gasteiger charge is 2.37. The van der Waals surface area contributed by atoms with E-state index in [4.69, 9.17) is 5.11 Å². The summed E-state index contributed by atoms with van der Waals surface area (Å²) < 4.78 is 0. The Balaban J connectivity index is 2.37. The lowest BCUT2D eigenvalue weighted by molar-refractivity contribution is -0.144. The third-order valence-corrected chi connectivity index (χ3v) is 3.58. The summed E-state index contributed by atoms with van der Waals surface area (Å²) >= 11 is 0. The number of carboxylic acids is 1. The van der Waals surface area contributed by atoms with Crippen LogP contribution in [0.25, 0.3) is 0 Å². The Morgan fingerprint density at radius 2 is 2.06 bits per heavy atom. The molecule has 0 bridgehead atoms. The minimum atomic E-state index is -1.11. The zero-order valence-corrected chi connectivity index (χ0v) is 10.4. The van der Waals surface area contributed by atoms with Crippen LogP contribution in [-0.4, -0.2) is 41.7 Å². The number of hydrogen-bond donors (Lipinski definition) is 2. The summed E-state index contributed by atoms with van der Waals surface area (Å²) in [6.07, 6.45) is 3.08. The molecule has 2 N–H and O–H groups in total. The number of aliphatic carboxylic acids is 1. The molecule has 1 fully saturated rings. The smallest absolute Gasteiger partial charge is 0.341 e. The lowest BCUT2D eigenvalue weighted by atomic mass is 9.82. The van der Waals surface area contributed by atoms with Crippen LogP contribution >= 0.6 is 0 Å². The normalized spacial score (nSPS) is 18.1. The van der Waals surface area contributed by atoms with E-state index >= 15 is 0 Å². The van der Waals surface area contributed by atoms with E-state index in [-0.39, 0.29) is 11.4 Å². The number of hydroxylamine groups is 1. The first-order valence-electron chi connectivity index (χ1n) is 5.91. The van der Waals surface area contributed by atoms with Crippen LogP contribution in [0.1, 0.15) is 33.1 Å². The van der Waals surface area contributed by atoms with Crippen molar-refractivity contribution < 1.29 is 19.5 Å². The van der Waals surface area contributed by atoms with E-state index in [1.165, 1.54) is 0 Å². The molecule has 1 aliphatic heterocycles. The minimum absolute atomic E-state index is 0.212. The average Bonchev–Trinajstić information content (AvgIpc) is 2.73. The molecule has 0 unspecified atom stereocenters. The predicted molar refractivity (Wildman–Crippen MR) is 61.3 cm³/mol. The molecule has 6 heteroatoms. The van der Waals surface area contributed by atoms with Gasteiger partial charge >= 0.3 is 12.0 Å². The van der Waals surface area contributed by atoms with Crippen molar-refractivity contribution in [2.24, 2.45) is 5.41 Å². The molecule has 0 aromatic heterocycles. The van der Waals surface area contributed by atoms with Crippen LogP contribution in [0, 0.1) is 5.41 Å². The Bertz CT molecular complexity index is 289. The first kappa shape index (κ1) is 13.8. The Hall–Kier alpha value is -1.30. The molecule has 0 aliphatic carbocycles. The zero-order valence-electron chi connectivity index (χ0n) is 10.4. The topological polar surface area (TPSA) is 78.9 Å². The van der Waals surface area contributed by atoms with E-state index in [1.807, 2.05) is 0 Å². The second-order valence-electron chi connectivity index (χ2n) is 4.47. The molecular weight excluding hydrogens is 224 g/mol. The van der Waals surface area contributed by atoms with Crippen LogP contribution in [0.3, 0.4) is 0 Å². The molecule has 0 radical (unpaired) electrons. The molecule has 0 spiro atoms. The van der Waals surface area contributed by atoms with Crippen molar-refractivity contribution in [3.63, 3.8) is 0 Å². The molecule has 0 aromatic rings. The summed E-state index contributed by atoms with van der Waals surface area (Å²) in [7, 11) is 0. The highest BCUT2D eigenvalue weighted by molar-refractivity contribution is 5.74. The van der Waals surface area contributed by atoms with Crippen LogP contribution in [-0.2, 0) is 9.63 Å². The van der Waals surface area contributed by atoms with Crippen LogP contribution < -0.4 is 5.48 Å². The second-order valence-corrected chi connectivity index (χ2v) is 4.47. The second kappa shape index (κ2) is 5.86. The quantitative estimate of drug-likeness (QED) is 0.713. The van der Waals surface area contributed by atoms with Crippen molar-refractivity contribution in [2.45, 2.75) is 33.1 Å². The van der Waals surface area contributed by atoms with Crippen molar-refractivity contribution >= 4 is 12.0 Å². The molecule has 6 nitrogen and oxygen atoms in total. The lowest BCUT2D eigenvalue weighted by Gasteiger charge is -2.26. The lowest BCUT2D eigenvalue weighted by Crippen LogP contribution is -2.40. The molecule has 1 saturated heterocycles. The van der Waals surface area contributed by atoms with Gasteiger partial charge in [0.25, 0.3) is 0 Å². The summed E-state index contributed by atoms with van der Waals surface area (Å²) in [6.45, 7) is 5.15. The number of carboxylic acid groups (broad SMARTS) is 1. The monoisotopic (exact) mass is 244 g/mol. The summed E-state index contributed by atoms with van der Waals surface area (Å²) in [4.78, 5) is 28.1. The highest BCUT2D eigenvalue weighted by Crippen LogP contribution is 2.36. The van der Waals surface area contributed by atoms with Crippen LogP contribution in [0.15, 0.2) is 0 Å². The summed E-state index contributed by atoms with van der Waals surface area (Å²) in [6, 6.07) is -0.352. The summed E-state index contributed by atoms with van der Waals surface area (Å²) in [5.74, 6) is -1.11. The average molecular weight is 244 g/mol. The standard InChI is InChI=1S/C11H20N2O4/c1-3-11(4-2)5-6-13(8-11)10(16)12-17-7-9(14)15/h3-8H2,1-2H3,(H,12,16)(H,14,15). The number of amides is 2. The Morgan fingerprint density at radius 3 is 2.53 bits per heavy atom. The first-order chi connectivity index (χ1) is 8.03. The van der Waals surface area contributed by atoms with E-state index in [0.29, 0.717) is 13.1 Å². The van der Waals surface area contributed by atoms with Gasteiger partial charge in [0.05, 0.1) is 0 Å². The molecule has 98 valence electrons. The Morgan fingerprint density at radius 1 is 1.41 bits per heavy atom. The van der Waals surface area contributed by atoms with Crippen molar-refractivity contribution in [1.29, 1.82) is 0 Å². The number of rotatable bonds is 5. The fourth-order valence-corrected chi connectivity index (χ4v) is 2.16. The van der Waals surface area contributed by atoms with Gasteiger partial charge in [0, 0.05) is 13.1 Å². The van der Waals surface area contributed by atoms with E-state index in [0.717, 1.165) is 19.3 Å². The Kier molecular flexibility index (Phi) is 4.74. The molecule has 0 atom stereocenters. The molecule has 0 aromatic carbocycles. The third-order valence-electron chi connectivity index (χ3n) is 3.58. The SMILES string of the molecule is CCC1(CC)CCN(C(=O)NOCC(=O)O)C1. The maximum absolute atomic E-state index is 11.6. The highest BCUT2D eigenvalue weighted by atomic mass is 16.7. The zero-order chi connectivity index (χ0) is 12.9. The number of likely N-dealkylation sites (tertiary alicyclic amines) is 1. The molecule has 1 aliphatic rings. The van der Waals surface area contributed by atoms with Gasteiger partial charge in [-0.3, -0.25) is 4.84 Å². The molecular formula is C11H20N2O4. The van der Waals surface area contributed by atoms with Crippen molar-refractivity contribution in [3.05, 3.63) is 0 Å². The number of nitrogens with zero attached hydrogens (tertiary/aromatic N) is 1. The van der Waals surface area contributed by atoms with Gasteiger partial charge in [-0.05, 0) is 24.7 Å². The van der Waals surface area contributed by atoms with Crippen molar-refractivity contribution in [2.75, 3.05) is 19.7 Å². The van der Waals surface area contributed by atoms with Gasteiger partial charge in [0.2, 0.25) is 0 Å². The molecule has 1 heterocycles. The number of hydrogen-bond acceptors (Lipinski definition) is 3. The minimum Gasteiger partial charge on any atom is -0.479 e. The van der Waals surface area contributed by atoms with Crippen LogP contribution in [0.4, 0.5) is 4.79 Å². The Labute approximate surface area is 101 Å². The maximum Gasteiger partial charge on any atom is 0.341 e. The molecule has 17 heavy (non-hydrogen) atoms. The fraction of sp³-hybridized carbons (Fsp3) is 0.818. The largest absolute Gasteiger partial charge is 0.479 e. The van der Waals surface area contributed by atoms with E-state index in [9.17, 15) is 9.59 Å². The molecule has 1 rings (SSSR count). The van der Waals surface area contributed by atoms with Gasteiger partial charge in [-0.15, -0.1) is 0 Å². The predicted octanol–water partition coefficient (Wildman–Crippen LogP) is 1.22. The number of carbonyl (C=O) groups is 2. The fourth-order valence-electron chi connectivity index (χ4n) is 2.16. The van der Waals surface area contributed by atoms with Gasteiger partial charge in [0.15, 0.2) is 6.61 Å². The van der Waals surface area contributed by atoms with Crippen LogP contribution in [0.5, 0.6) is 0 Å². The van der Waals surface area contributed by atoms with Crippen molar-refractivity contribution in [1.82, 2.24) is 10.4 Å². The molecule has 2 amide bonds. The van der Waals surface area contributed by atoms with Gasteiger partial charge in [-0.2, -0.15) is 0 Å². The van der Waals surface area contributed by atoms with Crippen LogP contribution in [0.2, 0.25) is 0 Å². The first-order valence-corrected chi connectivity index (χ1v) is 5.91.